The van der Waals surface area contributed by atoms with Crippen molar-refractivity contribution in [2.24, 2.45) is 0 Å². The first kappa shape index (κ1) is 20.5. The van der Waals surface area contributed by atoms with Crippen LogP contribution in [0.1, 0.15) is 44.9 Å². The Kier molecular flexibility index (Phi) is 6.69. The molecule has 1 N–H and O–H groups in total. The van der Waals surface area contributed by atoms with Crippen LogP contribution < -0.4 is 14.8 Å². The normalized spacial score (nSPS) is 14.7. The molecule has 4 rings (SSSR count). The fourth-order valence-electron chi connectivity index (χ4n) is 3.20. The predicted octanol–water partition coefficient (Wildman–Crippen LogP) is 5.72. The maximum Gasteiger partial charge on any atom is 0.247 e. The number of fused-ring (bicyclic) bond motifs is 3. The summed E-state index contributed by atoms with van der Waals surface area (Å²) in [6, 6.07) is 15.9. The van der Waals surface area contributed by atoms with Gasteiger partial charge in [0, 0.05) is 17.0 Å². The van der Waals surface area contributed by atoms with E-state index in [4.69, 9.17) is 14.5 Å². The topological polar surface area (TPSA) is 69.2 Å². The van der Waals surface area contributed by atoms with Gasteiger partial charge >= 0.3 is 0 Å². The Hall–Kier alpha value is -2.80. The van der Waals surface area contributed by atoms with E-state index >= 15 is 0 Å². The number of benzene rings is 2. The van der Waals surface area contributed by atoms with E-state index in [1.165, 1.54) is 0 Å². The second-order valence-corrected chi connectivity index (χ2v) is 8.09. The standard InChI is InChI=1S/C23H26N4O2S/c1-3-5-15-30-23-25-22-20(26-27-23)16-10-6-8-12-18(16)24-21(29-22)17-11-7-9-13-19(17)28-14-4-2/h6-13,21,24H,3-5,14-15H2,1-2H3. The van der Waals surface area contributed by atoms with Gasteiger partial charge in [-0.15, -0.1) is 10.2 Å². The molecule has 0 fully saturated rings. The third-order valence-electron chi connectivity index (χ3n) is 4.73. The van der Waals surface area contributed by atoms with Crippen molar-refractivity contribution in [3.8, 4) is 22.9 Å². The molecule has 0 spiro atoms. The second-order valence-electron chi connectivity index (χ2n) is 7.02. The largest absolute Gasteiger partial charge is 0.493 e. The van der Waals surface area contributed by atoms with Gasteiger partial charge in [-0.3, -0.25) is 0 Å². The summed E-state index contributed by atoms with van der Waals surface area (Å²) in [4.78, 5) is 4.70. The van der Waals surface area contributed by atoms with Crippen LogP contribution in [0.5, 0.6) is 11.6 Å². The summed E-state index contributed by atoms with van der Waals surface area (Å²) in [6.45, 7) is 4.92. The molecule has 1 aromatic heterocycles. The molecule has 1 atom stereocenters. The molecule has 1 aliphatic heterocycles. The van der Waals surface area contributed by atoms with Crippen LogP contribution in [-0.2, 0) is 0 Å². The molecule has 0 radical (unpaired) electrons. The lowest BCUT2D eigenvalue weighted by atomic mass is 10.1. The van der Waals surface area contributed by atoms with Crippen molar-refractivity contribution < 1.29 is 9.47 Å². The Balaban J connectivity index is 1.73. The van der Waals surface area contributed by atoms with Crippen molar-refractivity contribution >= 4 is 17.4 Å². The average Bonchev–Trinajstić information content (AvgIpc) is 2.94. The number of anilines is 1. The van der Waals surface area contributed by atoms with Crippen LogP contribution in [0.3, 0.4) is 0 Å². The van der Waals surface area contributed by atoms with Crippen molar-refractivity contribution in [3.63, 3.8) is 0 Å². The van der Waals surface area contributed by atoms with E-state index < -0.39 is 6.23 Å². The highest BCUT2D eigenvalue weighted by molar-refractivity contribution is 7.99. The zero-order chi connectivity index (χ0) is 20.8. The van der Waals surface area contributed by atoms with E-state index in [0.29, 0.717) is 23.3 Å². The summed E-state index contributed by atoms with van der Waals surface area (Å²) >= 11 is 1.61. The number of ether oxygens (including phenoxy) is 2. The summed E-state index contributed by atoms with van der Waals surface area (Å²) in [5, 5.41) is 12.9. The average molecular weight is 423 g/mol. The first-order valence-electron chi connectivity index (χ1n) is 10.4. The Morgan fingerprint density at radius 3 is 2.73 bits per heavy atom. The Morgan fingerprint density at radius 2 is 1.87 bits per heavy atom. The van der Waals surface area contributed by atoms with E-state index in [9.17, 15) is 0 Å². The molecule has 0 aliphatic carbocycles. The van der Waals surface area contributed by atoms with Crippen molar-refractivity contribution in [3.05, 3.63) is 54.1 Å². The molecule has 0 saturated carbocycles. The van der Waals surface area contributed by atoms with Gasteiger partial charge in [-0.1, -0.05) is 62.4 Å². The first-order valence-corrected chi connectivity index (χ1v) is 11.4. The van der Waals surface area contributed by atoms with Crippen molar-refractivity contribution in [1.82, 2.24) is 15.2 Å². The lowest BCUT2D eigenvalue weighted by Gasteiger charge is -2.21. The third kappa shape index (κ3) is 4.51. The summed E-state index contributed by atoms with van der Waals surface area (Å²) in [5.74, 6) is 2.25. The number of hydrogen-bond donors (Lipinski definition) is 1. The molecule has 1 aliphatic rings. The first-order chi connectivity index (χ1) is 14.8. The van der Waals surface area contributed by atoms with E-state index in [0.717, 1.165) is 47.6 Å². The minimum absolute atomic E-state index is 0.453. The Bertz CT molecular complexity index is 998. The number of para-hydroxylation sites is 2. The molecule has 6 nitrogen and oxygen atoms in total. The highest BCUT2D eigenvalue weighted by atomic mass is 32.2. The molecule has 0 amide bonds. The number of nitrogens with one attached hydrogen (secondary N) is 1. The quantitative estimate of drug-likeness (QED) is 0.367. The van der Waals surface area contributed by atoms with E-state index in [1.807, 2.05) is 48.5 Å². The molecule has 7 heteroatoms. The number of rotatable bonds is 8. The summed E-state index contributed by atoms with van der Waals surface area (Å²) in [6.07, 6.45) is 2.73. The zero-order valence-corrected chi connectivity index (χ0v) is 18.1. The predicted molar refractivity (Wildman–Crippen MR) is 120 cm³/mol. The van der Waals surface area contributed by atoms with Crippen LogP contribution in [0.2, 0.25) is 0 Å². The van der Waals surface area contributed by atoms with Crippen molar-refractivity contribution in [2.75, 3.05) is 17.7 Å². The monoisotopic (exact) mass is 422 g/mol. The summed E-state index contributed by atoms with van der Waals surface area (Å²) in [7, 11) is 0. The molecular formula is C23H26N4O2S. The van der Waals surface area contributed by atoms with Gasteiger partial charge < -0.3 is 14.8 Å². The molecule has 0 saturated heterocycles. The van der Waals surface area contributed by atoms with Gasteiger partial charge in [0.05, 0.1) is 12.2 Å². The molecule has 2 aromatic carbocycles. The molecule has 1 unspecified atom stereocenters. The molecule has 156 valence electrons. The van der Waals surface area contributed by atoms with Gasteiger partial charge in [0.1, 0.15) is 5.75 Å². The number of thioether (sulfide) groups is 1. The lowest BCUT2D eigenvalue weighted by molar-refractivity contribution is 0.215. The van der Waals surface area contributed by atoms with Crippen LogP contribution in [0.25, 0.3) is 11.3 Å². The van der Waals surface area contributed by atoms with Crippen LogP contribution in [0.4, 0.5) is 5.69 Å². The summed E-state index contributed by atoms with van der Waals surface area (Å²) in [5.41, 5.74) is 3.42. The maximum atomic E-state index is 6.38. The molecular weight excluding hydrogens is 396 g/mol. The fraction of sp³-hybridized carbons (Fsp3) is 0.348. The lowest BCUT2D eigenvalue weighted by Crippen LogP contribution is -2.18. The second kappa shape index (κ2) is 9.80. The Morgan fingerprint density at radius 1 is 1.03 bits per heavy atom. The van der Waals surface area contributed by atoms with Gasteiger partial charge in [0.2, 0.25) is 17.3 Å². The summed E-state index contributed by atoms with van der Waals surface area (Å²) < 4.78 is 12.3. The minimum Gasteiger partial charge on any atom is -0.493 e. The number of nitrogens with zero attached hydrogens (tertiary/aromatic N) is 3. The minimum atomic E-state index is -0.453. The number of unbranched alkanes of at least 4 members (excludes halogenated alkanes) is 1. The smallest absolute Gasteiger partial charge is 0.247 e. The van der Waals surface area contributed by atoms with E-state index in [1.54, 1.807) is 11.8 Å². The maximum absolute atomic E-state index is 6.38. The zero-order valence-electron chi connectivity index (χ0n) is 17.3. The van der Waals surface area contributed by atoms with Gasteiger partial charge in [-0.25, -0.2) is 0 Å². The number of hydrogen-bond acceptors (Lipinski definition) is 7. The molecule has 3 aromatic rings. The van der Waals surface area contributed by atoms with Gasteiger partial charge in [0.25, 0.3) is 0 Å². The third-order valence-corrected chi connectivity index (χ3v) is 5.65. The fourth-order valence-corrected chi connectivity index (χ4v) is 4.06. The van der Waals surface area contributed by atoms with E-state index in [-0.39, 0.29) is 0 Å². The molecule has 0 bridgehead atoms. The number of aromatic nitrogens is 3. The van der Waals surface area contributed by atoms with Crippen LogP contribution in [0, 0.1) is 0 Å². The van der Waals surface area contributed by atoms with Crippen molar-refractivity contribution in [2.45, 2.75) is 44.5 Å². The van der Waals surface area contributed by atoms with Crippen LogP contribution in [-0.4, -0.2) is 27.5 Å². The van der Waals surface area contributed by atoms with Crippen LogP contribution >= 0.6 is 11.8 Å². The van der Waals surface area contributed by atoms with Gasteiger partial charge in [-0.05, 0) is 31.0 Å². The Labute approximate surface area is 181 Å². The van der Waals surface area contributed by atoms with Gasteiger partial charge in [0.15, 0.2) is 5.69 Å². The van der Waals surface area contributed by atoms with Gasteiger partial charge in [-0.2, -0.15) is 4.98 Å². The van der Waals surface area contributed by atoms with Crippen LogP contribution in [0.15, 0.2) is 53.7 Å². The van der Waals surface area contributed by atoms with Crippen molar-refractivity contribution in [1.29, 1.82) is 0 Å². The SMILES string of the molecule is CCCCSc1nnc2c(n1)OC(c1ccccc1OCCC)Nc1ccccc1-2. The highest BCUT2D eigenvalue weighted by Gasteiger charge is 2.27. The molecule has 2 heterocycles. The van der Waals surface area contributed by atoms with E-state index in [2.05, 4.69) is 29.4 Å². The highest BCUT2D eigenvalue weighted by Crippen LogP contribution is 2.41. The molecule has 30 heavy (non-hydrogen) atoms.